The van der Waals surface area contributed by atoms with Crippen LogP contribution in [-0.4, -0.2) is 4.98 Å². The molecule has 0 aromatic carbocycles. The molecule has 0 amide bonds. The molecule has 0 atom stereocenters. The van der Waals surface area contributed by atoms with Gasteiger partial charge in [0, 0.05) is 6.92 Å². The molecule has 0 aliphatic carbocycles. The maximum atomic E-state index is 5.15. The van der Waals surface area contributed by atoms with Crippen molar-refractivity contribution >= 4 is 12.2 Å². The molecule has 12 heavy (non-hydrogen) atoms. The number of hydrogen-bond donors (Lipinski definition) is 0. The van der Waals surface area contributed by atoms with E-state index in [-0.39, 0.29) is 0 Å². The SMILES string of the molecule is C=Cc1nc(C)oc1C=C.CC. The van der Waals surface area contributed by atoms with Crippen LogP contribution in [0.25, 0.3) is 12.2 Å². The maximum Gasteiger partial charge on any atom is 0.192 e. The van der Waals surface area contributed by atoms with Crippen molar-refractivity contribution in [1.82, 2.24) is 4.98 Å². The lowest BCUT2D eigenvalue weighted by Crippen LogP contribution is -1.72. The third-order valence-corrected chi connectivity index (χ3v) is 1.17. The Morgan fingerprint density at radius 2 is 1.83 bits per heavy atom. The molecule has 0 aliphatic rings. The number of hydrogen-bond acceptors (Lipinski definition) is 2. The largest absolute Gasteiger partial charge is 0.441 e. The van der Waals surface area contributed by atoms with Gasteiger partial charge in [-0.2, -0.15) is 0 Å². The molecule has 0 saturated heterocycles. The second-order valence-electron chi connectivity index (χ2n) is 1.89. The van der Waals surface area contributed by atoms with E-state index in [1.165, 1.54) is 0 Å². The molecule has 0 fully saturated rings. The van der Waals surface area contributed by atoms with Gasteiger partial charge in [0.1, 0.15) is 5.69 Å². The monoisotopic (exact) mass is 165 g/mol. The normalized spacial score (nSPS) is 8.25. The standard InChI is InChI=1S/C8H9NO.C2H6/c1-4-7-8(5-2)10-6(3)9-7;1-2/h4-5H,1-2H2,3H3;1-2H3. The van der Waals surface area contributed by atoms with Crippen LogP contribution in [0.3, 0.4) is 0 Å². The fourth-order valence-corrected chi connectivity index (χ4v) is 0.751. The van der Waals surface area contributed by atoms with Crippen molar-refractivity contribution in [3.8, 4) is 0 Å². The van der Waals surface area contributed by atoms with Crippen LogP contribution in [0.15, 0.2) is 17.6 Å². The number of oxazole rings is 1. The van der Waals surface area contributed by atoms with Gasteiger partial charge >= 0.3 is 0 Å². The van der Waals surface area contributed by atoms with E-state index in [2.05, 4.69) is 18.1 Å². The molecule has 1 aromatic heterocycles. The van der Waals surface area contributed by atoms with Crippen molar-refractivity contribution < 1.29 is 4.42 Å². The van der Waals surface area contributed by atoms with Crippen molar-refractivity contribution in [2.24, 2.45) is 0 Å². The van der Waals surface area contributed by atoms with E-state index in [1.54, 1.807) is 19.1 Å². The molecule has 0 unspecified atom stereocenters. The highest BCUT2D eigenvalue weighted by atomic mass is 16.4. The van der Waals surface area contributed by atoms with Crippen molar-refractivity contribution in [1.29, 1.82) is 0 Å². The molecule has 2 heteroatoms. The summed E-state index contributed by atoms with van der Waals surface area (Å²) in [5.41, 5.74) is 0.757. The first-order valence-corrected chi connectivity index (χ1v) is 4.00. The van der Waals surface area contributed by atoms with Gasteiger partial charge in [0.15, 0.2) is 11.7 Å². The van der Waals surface area contributed by atoms with Crippen LogP contribution < -0.4 is 0 Å². The van der Waals surface area contributed by atoms with E-state index in [1.807, 2.05) is 13.8 Å². The van der Waals surface area contributed by atoms with Gasteiger partial charge < -0.3 is 4.42 Å². The summed E-state index contributed by atoms with van der Waals surface area (Å²) in [5.74, 6) is 1.33. The molecule has 0 radical (unpaired) electrons. The fourth-order valence-electron chi connectivity index (χ4n) is 0.751. The average Bonchev–Trinajstić information content (AvgIpc) is 2.49. The van der Waals surface area contributed by atoms with Crippen LogP contribution in [0.5, 0.6) is 0 Å². The van der Waals surface area contributed by atoms with Crippen LogP contribution >= 0.6 is 0 Å². The van der Waals surface area contributed by atoms with E-state index in [0.29, 0.717) is 11.7 Å². The minimum Gasteiger partial charge on any atom is -0.441 e. The van der Waals surface area contributed by atoms with Gasteiger partial charge in [0.05, 0.1) is 0 Å². The second-order valence-corrected chi connectivity index (χ2v) is 1.89. The minimum absolute atomic E-state index is 0.643. The fraction of sp³-hybridized carbons (Fsp3) is 0.300. The van der Waals surface area contributed by atoms with E-state index in [9.17, 15) is 0 Å². The van der Waals surface area contributed by atoms with Crippen molar-refractivity contribution in [3.63, 3.8) is 0 Å². The Labute approximate surface area is 73.6 Å². The number of aryl methyl sites for hydroxylation is 1. The number of nitrogens with zero attached hydrogens (tertiary/aromatic N) is 1. The average molecular weight is 165 g/mol. The Morgan fingerprint density at radius 3 is 2.17 bits per heavy atom. The third kappa shape index (κ3) is 2.38. The summed E-state index contributed by atoms with van der Waals surface area (Å²) in [6.07, 6.45) is 3.27. The lowest BCUT2D eigenvalue weighted by Gasteiger charge is -1.81. The van der Waals surface area contributed by atoms with Crippen LogP contribution in [0.4, 0.5) is 0 Å². The minimum atomic E-state index is 0.643. The van der Waals surface area contributed by atoms with Crippen molar-refractivity contribution in [2.75, 3.05) is 0 Å². The lowest BCUT2D eigenvalue weighted by atomic mass is 10.3. The third-order valence-electron chi connectivity index (χ3n) is 1.17. The lowest BCUT2D eigenvalue weighted by molar-refractivity contribution is 0.513. The molecule has 0 N–H and O–H groups in total. The Hall–Kier alpha value is -1.31. The van der Waals surface area contributed by atoms with Gasteiger partial charge in [0.25, 0.3) is 0 Å². The summed E-state index contributed by atoms with van der Waals surface area (Å²) in [6.45, 7) is 12.9. The summed E-state index contributed by atoms with van der Waals surface area (Å²) in [6, 6.07) is 0. The highest BCUT2D eigenvalue weighted by Crippen LogP contribution is 2.11. The molecule has 0 bridgehead atoms. The van der Waals surface area contributed by atoms with E-state index in [0.717, 1.165) is 5.69 Å². The van der Waals surface area contributed by atoms with Gasteiger partial charge in [-0.25, -0.2) is 4.98 Å². The highest BCUT2D eigenvalue weighted by Gasteiger charge is 2.01. The van der Waals surface area contributed by atoms with E-state index in [4.69, 9.17) is 4.42 Å². The van der Waals surface area contributed by atoms with Gasteiger partial charge in [0.2, 0.25) is 0 Å². The molecule has 0 saturated carbocycles. The number of rotatable bonds is 2. The molecular formula is C10H15NO. The Bertz CT molecular complexity index is 235. The molecule has 0 aliphatic heterocycles. The van der Waals surface area contributed by atoms with Crippen molar-refractivity contribution in [2.45, 2.75) is 20.8 Å². The molecule has 1 rings (SSSR count). The van der Waals surface area contributed by atoms with Crippen LogP contribution in [0.2, 0.25) is 0 Å². The molecule has 0 spiro atoms. The van der Waals surface area contributed by atoms with E-state index >= 15 is 0 Å². The smallest absolute Gasteiger partial charge is 0.192 e. The van der Waals surface area contributed by atoms with Gasteiger partial charge in [-0.3, -0.25) is 0 Å². The molecule has 2 nitrogen and oxygen atoms in total. The molecule has 1 aromatic rings. The van der Waals surface area contributed by atoms with Crippen LogP contribution in [-0.2, 0) is 0 Å². The van der Waals surface area contributed by atoms with Gasteiger partial charge in [-0.05, 0) is 12.2 Å². The predicted molar refractivity (Wildman–Crippen MR) is 52.8 cm³/mol. The first-order valence-electron chi connectivity index (χ1n) is 4.00. The quantitative estimate of drug-likeness (QED) is 0.672. The highest BCUT2D eigenvalue weighted by molar-refractivity contribution is 5.55. The first kappa shape index (κ1) is 10.7. The topological polar surface area (TPSA) is 26.0 Å². The zero-order valence-electron chi connectivity index (χ0n) is 7.92. The summed E-state index contributed by atoms with van der Waals surface area (Å²) in [7, 11) is 0. The maximum absolute atomic E-state index is 5.15. The second kappa shape index (κ2) is 5.35. The zero-order valence-corrected chi connectivity index (χ0v) is 7.92. The van der Waals surface area contributed by atoms with Gasteiger partial charge in [-0.1, -0.05) is 27.0 Å². The molecular weight excluding hydrogens is 150 g/mol. The zero-order chi connectivity index (χ0) is 9.56. The summed E-state index contributed by atoms with van der Waals surface area (Å²) in [5, 5.41) is 0. The first-order chi connectivity index (χ1) is 5.77. The summed E-state index contributed by atoms with van der Waals surface area (Å²) >= 11 is 0. The summed E-state index contributed by atoms with van der Waals surface area (Å²) < 4.78 is 5.15. The molecule has 66 valence electrons. The van der Waals surface area contributed by atoms with Gasteiger partial charge in [-0.15, -0.1) is 0 Å². The molecule has 1 heterocycles. The predicted octanol–water partition coefficient (Wildman–Crippen LogP) is 3.30. The Kier molecular flexibility index (Phi) is 4.77. The van der Waals surface area contributed by atoms with E-state index < -0.39 is 0 Å². The van der Waals surface area contributed by atoms with Crippen LogP contribution in [0, 0.1) is 6.92 Å². The summed E-state index contributed by atoms with van der Waals surface area (Å²) in [4.78, 5) is 4.04. The Morgan fingerprint density at radius 1 is 1.25 bits per heavy atom. The number of aromatic nitrogens is 1. The van der Waals surface area contributed by atoms with Crippen LogP contribution in [0.1, 0.15) is 31.2 Å². The Balaban J connectivity index is 0.000000561. The van der Waals surface area contributed by atoms with Crippen molar-refractivity contribution in [3.05, 3.63) is 30.5 Å².